The van der Waals surface area contributed by atoms with Crippen LogP contribution in [0.5, 0.6) is 0 Å². The van der Waals surface area contributed by atoms with Crippen LogP contribution < -0.4 is 10.2 Å². The molecule has 2 aromatic carbocycles. The number of amides is 3. The summed E-state index contributed by atoms with van der Waals surface area (Å²) in [4.78, 5) is 26.0. The van der Waals surface area contributed by atoms with Crippen LogP contribution in [0.25, 0.3) is 0 Å². The smallest absolute Gasteiger partial charge is 0.329 e. The van der Waals surface area contributed by atoms with E-state index in [0.29, 0.717) is 0 Å². The van der Waals surface area contributed by atoms with Crippen molar-refractivity contribution in [2.75, 3.05) is 11.4 Å². The molecule has 4 rings (SSSR count). The SMILES string of the molecule is O=C1N[C@H]2CCN(S(=O)(=O)c3cccc(F)c3)[C@@H]2C(=O)N1c1ccc(F)cc1. The standard InChI is InChI=1S/C18H15F2N3O4S/c19-11-4-6-13(7-5-11)23-17(24)16-15(21-18(23)25)8-9-22(16)28(26,27)14-3-1-2-12(20)10-14/h1-7,10,15-16H,8-9H2,(H,21,25)/t15-,16-/m0/s1. The number of sulfonamides is 1. The van der Waals surface area contributed by atoms with E-state index in [1.54, 1.807) is 0 Å². The van der Waals surface area contributed by atoms with Crippen LogP contribution in [0, 0.1) is 11.6 Å². The maximum Gasteiger partial charge on any atom is 0.329 e. The largest absolute Gasteiger partial charge is 0.332 e. The van der Waals surface area contributed by atoms with Crippen molar-refractivity contribution >= 4 is 27.6 Å². The third-order valence-corrected chi connectivity index (χ3v) is 6.70. The fourth-order valence-electron chi connectivity index (χ4n) is 3.53. The lowest BCUT2D eigenvalue weighted by atomic mass is 10.1. The zero-order valence-corrected chi connectivity index (χ0v) is 15.2. The fourth-order valence-corrected chi connectivity index (χ4v) is 5.20. The Morgan fingerprint density at radius 1 is 1.00 bits per heavy atom. The number of carbonyl (C=O) groups excluding carboxylic acids is 2. The highest BCUT2D eigenvalue weighted by atomic mass is 32.2. The van der Waals surface area contributed by atoms with Crippen LogP contribution in [0.3, 0.4) is 0 Å². The quantitative estimate of drug-likeness (QED) is 0.842. The van der Waals surface area contributed by atoms with E-state index in [-0.39, 0.29) is 23.5 Å². The number of hydrogen-bond donors (Lipinski definition) is 1. The van der Waals surface area contributed by atoms with Crippen LogP contribution in [-0.4, -0.2) is 43.3 Å². The van der Waals surface area contributed by atoms with Crippen LogP contribution in [0.1, 0.15) is 6.42 Å². The first-order valence-corrected chi connectivity index (χ1v) is 9.90. The van der Waals surface area contributed by atoms with E-state index in [1.807, 2.05) is 0 Å². The summed E-state index contributed by atoms with van der Waals surface area (Å²) in [5, 5.41) is 2.63. The van der Waals surface area contributed by atoms with Crippen LogP contribution in [0.15, 0.2) is 53.4 Å². The maximum atomic E-state index is 13.5. The molecule has 0 aliphatic carbocycles. The molecule has 0 bridgehead atoms. The van der Waals surface area contributed by atoms with E-state index >= 15 is 0 Å². The molecule has 0 radical (unpaired) electrons. The Morgan fingerprint density at radius 2 is 1.71 bits per heavy atom. The number of carbonyl (C=O) groups is 2. The molecular weight excluding hydrogens is 392 g/mol. The molecule has 28 heavy (non-hydrogen) atoms. The van der Waals surface area contributed by atoms with E-state index in [1.165, 1.54) is 24.3 Å². The Balaban J connectivity index is 1.71. The van der Waals surface area contributed by atoms with Gasteiger partial charge < -0.3 is 5.32 Å². The zero-order valence-electron chi connectivity index (χ0n) is 14.4. The number of urea groups is 1. The number of halogens is 2. The second-order valence-electron chi connectivity index (χ2n) is 6.51. The Labute approximate surface area is 159 Å². The molecule has 2 saturated heterocycles. The van der Waals surface area contributed by atoms with Crippen molar-refractivity contribution in [2.24, 2.45) is 0 Å². The van der Waals surface area contributed by atoms with Crippen LogP contribution in [0.4, 0.5) is 19.3 Å². The number of rotatable bonds is 3. The Hall–Kier alpha value is -2.85. The van der Waals surface area contributed by atoms with Gasteiger partial charge in [-0.1, -0.05) is 6.07 Å². The van der Waals surface area contributed by atoms with Crippen molar-refractivity contribution in [3.63, 3.8) is 0 Å². The molecule has 0 unspecified atom stereocenters. The van der Waals surface area contributed by atoms with Crippen LogP contribution >= 0.6 is 0 Å². The highest BCUT2D eigenvalue weighted by Crippen LogP contribution is 2.32. The van der Waals surface area contributed by atoms with Crippen LogP contribution in [0.2, 0.25) is 0 Å². The summed E-state index contributed by atoms with van der Waals surface area (Å²) in [5.41, 5.74) is 0.123. The summed E-state index contributed by atoms with van der Waals surface area (Å²) in [6.45, 7) is -0.00252. The predicted molar refractivity (Wildman–Crippen MR) is 94.9 cm³/mol. The van der Waals surface area contributed by atoms with Gasteiger partial charge in [-0.25, -0.2) is 26.9 Å². The fraction of sp³-hybridized carbons (Fsp3) is 0.222. The molecule has 0 spiro atoms. The second kappa shape index (κ2) is 6.64. The molecule has 3 amide bonds. The Morgan fingerprint density at radius 3 is 2.39 bits per heavy atom. The van der Waals surface area contributed by atoms with Gasteiger partial charge in [-0.2, -0.15) is 4.31 Å². The molecule has 2 heterocycles. The lowest BCUT2D eigenvalue weighted by Crippen LogP contribution is -2.64. The average Bonchev–Trinajstić information content (AvgIpc) is 3.08. The molecule has 10 heteroatoms. The van der Waals surface area contributed by atoms with Crippen molar-refractivity contribution in [1.29, 1.82) is 0 Å². The molecule has 2 fully saturated rings. The van der Waals surface area contributed by atoms with Gasteiger partial charge in [-0.05, 0) is 48.9 Å². The van der Waals surface area contributed by atoms with Crippen LogP contribution in [-0.2, 0) is 14.8 Å². The van der Waals surface area contributed by atoms with E-state index in [0.717, 1.165) is 33.5 Å². The minimum absolute atomic E-state index is 0.00252. The third-order valence-electron chi connectivity index (χ3n) is 4.82. The van der Waals surface area contributed by atoms with Gasteiger partial charge in [0.15, 0.2) is 0 Å². The van der Waals surface area contributed by atoms with Gasteiger partial charge in [-0.3, -0.25) is 4.79 Å². The lowest BCUT2D eigenvalue weighted by molar-refractivity contribution is -0.122. The zero-order chi connectivity index (χ0) is 20.1. The summed E-state index contributed by atoms with van der Waals surface area (Å²) in [6, 6.07) is 6.65. The molecule has 2 atom stereocenters. The number of hydrogen-bond acceptors (Lipinski definition) is 4. The molecule has 2 aromatic rings. The molecule has 2 aliphatic heterocycles. The van der Waals surface area contributed by atoms with Crippen molar-refractivity contribution in [2.45, 2.75) is 23.4 Å². The first-order valence-electron chi connectivity index (χ1n) is 8.46. The first kappa shape index (κ1) is 18.5. The Kier molecular flexibility index (Phi) is 4.39. The van der Waals surface area contributed by atoms with E-state index < -0.39 is 45.7 Å². The average molecular weight is 407 g/mol. The number of fused-ring (bicyclic) bond motifs is 1. The summed E-state index contributed by atoms with van der Waals surface area (Å²) in [5.74, 6) is -1.99. The summed E-state index contributed by atoms with van der Waals surface area (Å²) in [6.07, 6.45) is 0.244. The minimum atomic E-state index is -4.16. The van der Waals surface area contributed by atoms with Gasteiger partial charge in [0.1, 0.15) is 17.7 Å². The van der Waals surface area contributed by atoms with Crippen molar-refractivity contribution in [3.05, 3.63) is 60.2 Å². The molecule has 1 N–H and O–H groups in total. The third kappa shape index (κ3) is 2.94. The summed E-state index contributed by atoms with van der Waals surface area (Å²) >= 11 is 0. The maximum absolute atomic E-state index is 13.5. The first-order chi connectivity index (χ1) is 13.3. The van der Waals surface area contributed by atoms with Gasteiger partial charge in [-0.15, -0.1) is 0 Å². The van der Waals surface area contributed by atoms with Crippen molar-refractivity contribution in [1.82, 2.24) is 9.62 Å². The van der Waals surface area contributed by atoms with E-state index in [2.05, 4.69) is 5.32 Å². The number of nitrogens with zero attached hydrogens (tertiary/aromatic N) is 2. The normalized spacial score (nSPS) is 22.9. The summed E-state index contributed by atoms with van der Waals surface area (Å²) < 4.78 is 53.6. The lowest BCUT2D eigenvalue weighted by Gasteiger charge is -2.36. The van der Waals surface area contributed by atoms with Gasteiger partial charge in [0.25, 0.3) is 5.91 Å². The molecule has 0 aromatic heterocycles. The number of imide groups is 1. The molecule has 7 nitrogen and oxygen atoms in total. The molecule has 146 valence electrons. The van der Waals surface area contributed by atoms with Gasteiger partial charge >= 0.3 is 6.03 Å². The van der Waals surface area contributed by atoms with Crippen molar-refractivity contribution < 1.29 is 26.8 Å². The van der Waals surface area contributed by atoms with E-state index in [4.69, 9.17) is 0 Å². The number of anilines is 1. The van der Waals surface area contributed by atoms with Gasteiger partial charge in [0.2, 0.25) is 10.0 Å². The highest BCUT2D eigenvalue weighted by Gasteiger charge is 2.52. The highest BCUT2D eigenvalue weighted by molar-refractivity contribution is 7.89. The molecular formula is C18H15F2N3O4S. The Bertz CT molecular complexity index is 1060. The van der Waals surface area contributed by atoms with Crippen molar-refractivity contribution in [3.8, 4) is 0 Å². The van der Waals surface area contributed by atoms with E-state index in [9.17, 15) is 26.8 Å². The number of nitrogens with one attached hydrogen (secondary N) is 1. The molecule has 0 saturated carbocycles. The number of benzene rings is 2. The molecule has 2 aliphatic rings. The topological polar surface area (TPSA) is 86.8 Å². The minimum Gasteiger partial charge on any atom is -0.332 e. The van der Waals surface area contributed by atoms with Gasteiger partial charge in [0.05, 0.1) is 16.6 Å². The second-order valence-corrected chi connectivity index (χ2v) is 8.40. The summed E-state index contributed by atoms with van der Waals surface area (Å²) in [7, 11) is -4.16. The van der Waals surface area contributed by atoms with Gasteiger partial charge in [0, 0.05) is 6.54 Å². The predicted octanol–water partition coefficient (Wildman–Crippen LogP) is 1.85. The monoisotopic (exact) mass is 407 g/mol.